The highest BCUT2D eigenvalue weighted by molar-refractivity contribution is 6.09. The molecule has 32 heavy (non-hydrogen) atoms. The highest BCUT2D eigenvalue weighted by Gasteiger charge is 2.74. The summed E-state index contributed by atoms with van der Waals surface area (Å²) in [7, 11) is 0. The Morgan fingerprint density at radius 2 is 1.06 bits per heavy atom. The largest absolute Gasteiger partial charge is 0.376 e. The Morgan fingerprint density at radius 1 is 0.688 bits per heavy atom. The number of ether oxygens (including phenoxy) is 2. The number of carbonyl (C=O) groups excluding carboxylic acids is 4. The van der Waals surface area contributed by atoms with E-state index in [9.17, 15) is 19.2 Å². The van der Waals surface area contributed by atoms with E-state index >= 15 is 0 Å². The van der Waals surface area contributed by atoms with Crippen molar-refractivity contribution in [3.05, 3.63) is 37.5 Å². The van der Waals surface area contributed by atoms with E-state index in [0.717, 1.165) is 0 Å². The third-order valence-electron chi connectivity index (χ3n) is 7.92. The average Bonchev–Trinajstić information content (AvgIpc) is 3.14. The maximum Gasteiger partial charge on any atom is 0.233 e. The minimum absolute atomic E-state index is 0.0551. The minimum Gasteiger partial charge on any atom is -0.376 e. The Morgan fingerprint density at radius 3 is 1.44 bits per heavy atom. The fraction of sp³-hybridized carbons (Fsp3) is 0.583. The summed E-state index contributed by atoms with van der Waals surface area (Å²) in [4.78, 5) is 55.2. The number of hydrogen-bond acceptors (Lipinski definition) is 6. The Labute approximate surface area is 186 Å². The predicted octanol–water partition coefficient (Wildman–Crippen LogP) is 0.656. The van der Waals surface area contributed by atoms with E-state index in [4.69, 9.17) is 9.47 Å². The Hall–Kier alpha value is -2.58. The lowest BCUT2D eigenvalue weighted by Crippen LogP contribution is -2.63. The molecule has 0 unspecified atom stereocenters. The first-order chi connectivity index (χ1) is 15.5. The molecule has 4 aliphatic carbocycles. The number of nitrogens with zero attached hydrogens (tertiary/aromatic N) is 2. The molecule has 0 aromatic heterocycles. The molecule has 170 valence electrons. The van der Waals surface area contributed by atoms with Gasteiger partial charge in [-0.1, -0.05) is 24.3 Å². The number of likely N-dealkylation sites (tertiary alicyclic amines) is 2. The molecule has 0 aromatic carbocycles. The molecule has 4 amide bonds. The molecule has 4 fully saturated rings. The van der Waals surface area contributed by atoms with Crippen molar-refractivity contribution >= 4 is 23.6 Å². The maximum absolute atomic E-state index is 13.2. The molecule has 8 nitrogen and oxygen atoms in total. The van der Waals surface area contributed by atoms with Crippen LogP contribution in [0.4, 0.5) is 0 Å². The molecule has 0 N–H and O–H groups in total. The van der Waals surface area contributed by atoms with E-state index in [2.05, 4.69) is 13.2 Å². The van der Waals surface area contributed by atoms with Gasteiger partial charge in [0.05, 0.1) is 63.2 Å². The van der Waals surface area contributed by atoms with Crippen LogP contribution in [0.15, 0.2) is 37.5 Å². The third kappa shape index (κ3) is 2.82. The first-order valence-electron chi connectivity index (χ1n) is 11.3. The molecule has 6 rings (SSSR count). The molecule has 0 aromatic rings. The van der Waals surface area contributed by atoms with Crippen LogP contribution in [0.25, 0.3) is 0 Å². The first-order valence-corrected chi connectivity index (χ1v) is 11.3. The molecular weight excluding hydrogens is 412 g/mol. The molecule has 2 aliphatic heterocycles. The van der Waals surface area contributed by atoms with E-state index in [-0.39, 0.29) is 73.6 Å². The van der Waals surface area contributed by atoms with Gasteiger partial charge in [0.15, 0.2) is 0 Å². The van der Waals surface area contributed by atoms with Crippen LogP contribution in [0.2, 0.25) is 0 Å². The number of allylic oxidation sites excluding steroid dienone is 2. The summed E-state index contributed by atoms with van der Waals surface area (Å²) in [6, 6.07) is 0. The van der Waals surface area contributed by atoms with Gasteiger partial charge in [-0.25, -0.2) is 0 Å². The van der Waals surface area contributed by atoms with Crippen molar-refractivity contribution in [2.24, 2.45) is 47.3 Å². The lowest BCUT2D eigenvalue weighted by molar-refractivity contribution is -0.166. The van der Waals surface area contributed by atoms with Gasteiger partial charge in [0, 0.05) is 0 Å². The standard InChI is InChI=1S/C24H28N2O6/c1-3-9-31-11-7-25-21(27)17-13-5-6-14(18(17)22(25)28)16-15(13)19-20(16)24(30)26(23(19)29)8-12-32-10-4-2/h3-6,13-20H,1-2,7-12H2/t13-,14-,15-,16-,17-,18+,19-,20-/m0/s1. The maximum atomic E-state index is 13.2. The predicted molar refractivity (Wildman–Crippen MR) is 113 cm³/mol. The van der Waals surface area contributed by atoms with Gasteiger partial charge in [0.25, 0.3) is 0 Å². The van der Waals surface area contributed by atoms with Crippen LogP contribution in [0, 0.1) is 47.3 Å². The topological polar surface area (TPSA) is 93.2 Å². The van der Waals surface area contributed by atoms with Gasteiger partial charge < -0.3 is 9.47 Å². The van der Waals surface area contributed by atoms with Crippen LogP contribution in [0.3, 0.4) is 0 Å². The van der Waals surface area contributed by atoms with Gasteiger partial charge in [0.1, 0.15) is 0 Å². The number of fused-ring (bicyclic) bond motifs is 1. The van der Waals surface area contributed by atoms with Crippen molar-refractivity contribution in [1.82, 2.24) is 9.80 Å². The van der Waals surface area contributed by atoms with Crippen LogP contribution in [-0.4, -0.2) is 72.9 Å². The number of hydrogen-bond donors (Lipinski definition) is 0. The molecule has 8 heteroatoms. The van der Waals surface area contributed by atoms with Crippen molar-refractivity contribution in [3.8, 4) is 0 Å². The smallest absolute Gasteiger partial charge is 0.233 e. The van der Waals surface area contributed by atoms with Crippen LogP contribution in [0.1, 0.15) is 0 Å². The number of carbonyl (C=O) groups is 4. The van der Waals surface area contributed by atoms with Gasteiger partial charge in [0.2, 0.25) is 23.6 Å². The Balaban J connectivity index is 1.33. The van der Waals surface area contributed by atoms with E-state index in [1.807, 2.05) is 12.2 Å². The zero-order valence-corrected chi connectivity index (χ0v) is 17.9. The zero-order valence-electron chi connectivity index (χ0n) is 17.9. The average molecular weight is 440 g/mol. The van der Waals surface area contributed by atoms with Gasteiger partial charge >= 0.3 is 0 Å². The van der Waals surface area contributed by atoms with Crippen LogP contribution in [-0.2, 0) is 28.7 Å². The molecule has 6 aliphatic rings. The summed E-state index contributed by atoms with van der Waals surface area (Å²) < 4.78 is 10.7. The molecule has 0 radical (unpaired) electrons. The molecule has 2 heterocycles. The van der Waals surface area contributed by atoms with Gasteiger partial charge in [-0.05, 0) is 23.7 Å². The van der Waals surface area contributed by atoms with E-state index in [1.54, 1.807) is 12.2 Å². The molecule has 2 saturated heterocycles. The molecular formula is C24H28N2O6. The molecule has 0 spiro atoms. The Kier molecular flexibility index (Phi) is 5.37. The van der Waals surface area contributed by atoms with Crippen LogP contribution < -0.4 is 0 Å². The summed E-state index contributed by atoms with van der Waals surface area (Å²) in [5.74, 6) is -2.79. The minimum atomic E-state index is -0.438. The van der Waals surface area contributed by atoms with Gasteiger partial charge in [-0.2, -0.15) is 0 Å². The van der Waals surface area contributed by atoms with Crippen LogP contribution in [0.5, 0.6) is 0 Å². The number of imide groups is 2. The van der Waals surface area contributed by atoms with Crippen LogP contribution >= 0.6 is 0 Å². The van der Waals surface area contributed by atoms with E-state index in [0.29, 0.717) is 13.2 Å². The van der Waals surface area contributed by atoms with Crippen molar-refractivity contribution < 1.29 is 28.7 Å². The normalized spacial score (nSPS) is 38.6. The zero-order chi connectivity index (χ0) is 22.6. The quantitative estimate of drug-likeness (QED) is 0.281. The fourth-order valence-corrected chi connectivity index (χ4v) is 6.81. The summed E-state index contributed by atoms with van der Waals surface area (Å²) >= 11 is 0. The SMILES string of the molecule is C=CCOCCN1C(=O)[C@@H]2[C@@H](C1=O)[C@H]1[C@@H]3C=C[C@H]([C@H]4C(=O)N(CCOCC=C)C(=O)[C@@H]34)[C@H]21. The van der Waals surface area contributed by atoms with Gasteiger partial charge in [-0.15, -0.1) is 13.2 Å². The highest BCUT2D eigenvalue weighted by atomic mass is 16.5. The van der Waals surface area contributed by atoms with Crippen molar-refractivity contribution in [2.45, 2.75) is 0 Å². The third-order valence-corrected chi connectivity index (χ3v) is 7.92. The van der Waals surface area contributed by atoms with Crippen molar-refractivity contribution in [2.75, 3.05) is 39.5 Å². The summed E-state index contributed by atoms with van der Waals surface area (Å²) in [5, 5.41) is 0. The summed E-state index contributed by atoms with van der Waals surface area (Å²) in [6.45, 7) is 8.89. The number of amides is 4. The summed E-state index contributed by atoms with van der Waals surface area (Å²) in [5.41, 5.74) is 0. The lowest BCUT2D eigenvalue weighted by atomic mass is 9.40. The summed E-state index contributed by atoms with van der Waals surface area (Å²) in [6.07, 6.45) is 7.27. The van der Waals surface area contributed by atoms with E-state index in [1.165, 1.54) is 9.80 Å². The van der Waals surface area contributed by atoms with Gasteiger partial charge in [-0.3, -0.25) is 29.0 Å². The highest BCUT2D eigenvalue weighted by Crippen LogP contribution is 2.68. The van der Waals surface area contributed by atoms with Crippen molar-refractivity contribution in [3.63, 3.8) is 0 Å². The number of rotatable bonds is 10. The Bertz CT molecular complexity index is 856. The second kappa shape index (κ2) is 8.08. The second-order valence-corrected chi connectivity index (χ2v) is 9.18. The lowest BCUT2D eigenvalue weighted by Gasteiger charge is -2.60. The monoisotopic (exact) mass is 440 g/mol. The van der Waals surface area contributed by atoms with Crippen molar-refractivity contribution in [1.29, 1.82) is 0 Å². The van der Waals surface area contributed by atoms with E-state index < -0.39 is 23.7 Å². The second-order valence-electron chi connectivity index (χ2n) is 9.18. The molecule has 2 saturated carbocycles. The fourth-order valence-electron chi connectivity index (χ4n) is 6.81. The molecule has 8 atom stereocenters. The molecule has 2 bridgehead atoms. The first kappa shape index (κ1) is 21.3.